The van der Waals surface area contributed by atoms with Gasteiger partial charge in [0.2, 0.25) is 0 Å². The first-order valence-electron chi connectivity index (χ1n) is 3.87. The summed E-state index contributed by atoms with van der Waals surface area (Å²) in [5.41, 5.74) is 3.67. The molecular weight excluding hydrogens is 230 g/mol. The smallest absolute Gasteiger partial charge is 0.337 e. The van der Waals surface area contributed by atoms with Crippen LogP contribution in [0, 0.1) is 0 Å². The van der Waals surface area contributed by atoms with Crippen molar-refractivity contribution in [3.05, 3.63) is 28.0 Å². The van der Waals surface area contributed by atoms with Crippen LogP contribution in [0.3, 0.4) is 0 Å². The highest BCUT2D eigenvalue weighted by Crippen LogP contribution is 2.30. The Morgan fingerprint density at radius 2 is 2.27 bits per heavy atom. The van der Waals surface area contributed by atoms with Crippen LogP contribution in [0.5, 0.6) is 0 Å². The summed E-state index contributed by atoms with van der Waals surface area (Å²) in [4.78, 5) is 14.3. The van der Waals surface area contributed by atoms with Gasteiger partial charge >= 0.3 is 5.97 Å². The summed E-state index contributed by atoms with van der Waals surface area (Å²) in [6.45, 7) is -0.267. The van der Waals surface area contributed by atoms with Gasteiger partial charge in [0.1, 0.15) is 0 Å². The van der Waals surface area contributed by atoms with Crippen molar-refractivity contribution < 1.29 is 18.7 Å². The number of aromatic nitrogens is 1. The molecule has 4 nitrogen and oxygen atoms in total. The molecule has 1 rings (SSSR count). The fourth-order valence-electron chi connectivity index (χ4n) is 1.16. The summed E-state index contributed by atoms with van der Waals surface area (Å²) in [5, 5.41) is 8.40. The highest BCUT2D eigenvalue weighted by atomic mass is 35.5. The van der Waals surface area contributed by atoms with Crippen LogP contribution in [0.1, 0.15) is 28.0 Å². The van der Waals surface area contributed by atoms with Crippen LogP contribution in [0.2, 0.25) is 5.02 Å². The van der Waals surface area contributed by atoms with E-state index in [-0.39, 0.29) is 17.3 Å². The Bertz CT molecular complexity index is 398. The van der Waals surface area contributed by atoms with Crippen molar-refractivity contribution in [3.63, 3.8) is 0 Å². The number of carbonyl (C=O) groups is 1. The topological polar surface area (TPSA) is 76.2 Å². The maximum atomic E-state index is 12.6. The third kappa shape index (κ3) is 2.21. The molecule has 0 radical (unpaired) electrons. The largest absolute Gasteiger partial charge is 0.478 e. The van der Waals surface area contributed by atoms with Gasteiger partial charge in [-0.3, -0.25) is 4.98 Å². The van der Waals surface area contributed by atoms with Crippen molar-refractivity contribution in [3.8, 4) is 0 Å². The third-order valence-corrected chi connectivity index (χ3v) is 2.06. The van der Waals surface area contributed by atoms with Crippen molar-refractivity contribution in [2.75, 3.05) is 0 Å². The third-order valence-electron chi connectivity index (χ3n) is 1.78. The van der Waals surface area contributed by atoms with Gasteiger partial charge in [-0.05, 0) is 0 Å². The summed E-state index contributed by atoms with van der Waals surface area (Å²) in [7, 11) is 0. The van der Waals surface area contributed by atoms with E-state index in [0.29, 0.717) is 0 Å². The molecule has 15 heavy (non-hydrogen) atoms. The second-order valence-electron chi connectivity index (χ2n) is 2.65. The molecule has 0 aliphatic carbocycles. The SMILES string of the molecule is NCc1ncc(Cl)c(C(=O)O)c1C(F)F. The van der Waals surface area contributed by atoms with Crippen LogP contribution < -0.4 is 5.73 Å². The summed E-state index contributed by atoms with van der Waals surface area (Å²) in [6.07, 6.45) is -1.97. The zero-order valence-corrected chi connectivity index (χ0v) is 8.13. The number of aromatic carboxylic acids is 1. The van der Waals surface area contributed by atoms with E-state index in [1.807, 2.05) is 0 Å². The highest BCUT2D eigenvalue weighted by molar-refractivity contribution is 6.33. The minimum absolute atomic E-state index is 0.160. The lowest BCUT2D eigenvalue weighted by atomic mass is 10.1. The maximum Gasteiger partial charge on any atom is 0.337 e. The molecule has 1 heterocycles. The molecule has 0 amide bonds. The quantitative estimate of drug-likeness (QED) is 0.839. The minimum Gasteiger partial charge on any atom is -0.478 e. The van der Waals surface area contributed by atoms with Crippen LogP contribution in [0.25, 0.3) is 0 Å². The summed E-state index contributed by atoms with van der Waals surface area (Å²) in [6, 6.07) is 0. The Balaban J connectivity index is 3.51. The zero-order valence-electron chi connectivity index (χ0n) is 7.38. The minimum atomic E-state index is -2.97. The van der Waals surface area contributed by atoms with E-state index in [4.69, 9.17) is 22.4 Å². The number of carboxylic acid groups (broad SMARTS) is 1. The van der Waals surface area contributed by atoms with Gasteiger partial charge in [-0.2, -0.15) is 0 Å². The lowest BCUT2D eigenvalue weighted by molar-refractivity contribution is 0.0684. The Kier molecular flexibility index (Phi) is 3.54. The van der Waals surface area contributed by atoms with Crippen LogP contribution in [-0.2, 0) is 6.54 Å². The van der Waals surface area contributed by atoms with Crippen molar-refractivity contribution >= 4 is 17.6 Å². The Hall–Kier alpha value is -1.27. The number of nitrogens with zero attached hydrogens (tertiary/aromatic N) is 1. The van der Waals surface area contributed by atoms with E-state index < -0.39 is 23.5 Å². The standard InChI is InChI=1S/C8H7ClF2N2O2/c9-3-2-13-4(1-12)6(7(10)11)5(3)8(14)15/h2,7H,1,12H2,(H,14,15). The second-order valence-corrected chi connectivity index (χ2v) is 3.06. The van der Waals surface area contributed by atoms with E-state index in [1.54, 1.807) is 0 Å². The normalized spacial score (nSPS) is 10.7. The van der Waals surface area contributed by atoms with Gasteiger partial charge in [-0.25, -0.2) is 13.6 Å². The van der Waals surface area contributed by atoms with E-state index in [0.717, 1.165) is 6.20 Å². The van der Waals surface area contributed by atoms with Gasteiger partial charge in [-0.15, -0.1) is 0 Å². The van der Waals surface area contributed by atoms with Crippen LogP contribution in [0.4, 0.5) is 8.78 Å². The molecular formula is C8H7ClF2N2O2. The Labute approximate surface area is 88.7 Å². The fourth-order valence-corrected chi connectivity index (χ4v) is 1.39. The number of hydrogen-bond donors (Lipinski definition) is 2. The van der Waals surface area contributed by atoms with Gasteiger partial charge < -0.3 is 10.8 Å². The fraction of sp³-hybridized carbons (Fsp3) is 0.250. The van der Waals surface area contributed by atoms with Crippen molar-refractivity contribution in [1.29, 1.82) is 0 Å². The zero-order chi connectivity index (χ0) is 11.6. The van der Waals surface area contributed by atoms with Gasteiger partial charge in [0.15, 0.2) is 0 Å². The van der Waals surface area contributed by atoms with Gasteiger partial charge in [0, 0.05) is 12.7 Å². The average Bonchev–Trinajstić information content (AvgIpc) is 2.16. The van der Waals surface area contributed by atoms with Crippen LogP contribution >= 0.6 is 11.6 Å². The molecule has 0 saturated carbocycles. The summed E-state index contributed by atoms with van der Waals surface area (Å²) < 4.78 is 25.2. The van der Waals surface area contributed by atoms with Gasteiger partial charge in [0.25, 0.3) is 6.43 Å². The molecule has 0 fully saturated rings. The summed E-state index contributed by atoms with van der Waals surface area (Å²) in [5.74, 6) is -1.52. The monoisotopic (exact) mass is 236 g/mol. The maximum absolute atomic E-state index is 12.6. The molecule has 0 atom stereocenters. The highest BCUT2D eigenvalue weighted by Gasteiger charge is 2.25. The lowest BCUT2D eigenvalue weighted by Crippen LogP contribution is -2.12. The summed E-state index contributed by atoms with van der Waals surface area (Å²) >= 11 is 5.48. The molecule has 0 aliphatic heterocycles. The molecule has 82 valence electrons. The van der Waals surface area contributed by atoms with E-state index >= 15 is 0 Å². The van der Waals surface area contributed by atoms with Gasteiger partial charge in [-0.1, -0.05) is 11.6 Å². The van der Waals surface area contributed by atoms with Crippen LogP contribution in [0.15, 0.2) is 6.20 Å². The first-order chi connectivity index (χ1) is 6.99. The molecule has 0 saturated heterocycles. The van der Waals surface area contributed by atoms with Crippen LogP contribution in [-0.4, -0.2) is 16.1 Å². The molecule has 0 aromatic carbocycles. The molecule has 7 heteroatoms. The van der Waals surface area contributed by atoms with Gasteiger partial charge in [0.05, 0.1) is 21.8 Å². The average molecular weight is 237 g/mol. The first-order valence-corrected chi connectivity index (χ1v) is 4.25. The lowest BCUT2D eigenvalue weighted by Gasteiger charge is -2.10. The Morgan fingerprint density at radius 1 is 1.67 bits per heavy atom. The number of alkyl halides is 2. The van der Waals surface area contributed by atoms with Crippen molar-refractivity contribution in [2.45, 2.75) is 13.0 Å². The Morgan fingerprint density at radius 3 is 2.67 bits per heavy atom. The molecule has 0 bridgehead atoms. The predicted molar refractivity (Wildman–Crippen MR) is 49.1 cm³/mol. The molecule has 0 unspecified atom stereocenters. The van der Waals surface area contributed by atoms with Crippen molar-refractivity contribution in [1.82, 2.24) is 4.98 Å². The number of hydrogen-bond acceptors (Lipinski definition) is 3. The first kappa shape index (κ1) is 11.8. The molecule has 0 aliphatic rings. The number of rotatable bonds is 3. The van der Waals surface area contributed by atoms with E-state index in [2.05, 4.69) is 4.98 Å². The number of halogens is 3. The van der Waals surface area contributed by atoms with E-state index in [9.17, 15) is 13.6 Å². The number of carboxylic acids is 1. The molecule has 1 aromatic heterocycles. The number of nitrogens with two attached hydrogens (primary N) is 1. The number of pyridine rings is 1. The predicted octanol–water partition coefficient (Wildman–Crippen LogP) is 1.83. The van der Waals surface area contributed by atoms with Crippen molar-refractivity contribution in [2.24, 2.45) is 5.73 Å². The molecule has 1 aromatic rings. The van der Waals surface area contributed by atoms with E-state index in [1.165, 1.54) is 0 Å². The molecule has 3 N–H and O–H groups in total. The second kappa shape index (κ2) is 4.50. The molecule has 0 spiro atoms.